The number of benzene rings is 2. The molecule has 0 aliphatic carbocycles. The lowest BCUT2D eigenvalue weighted by atomic mass is 9.87. The van der Waals surface area contributed by atoms with Crippen LogP contribution in [0.2, 0.25) is 0 Å². The molecule has 30 heavy (non-hydrogen) atoms. The highest BCUT2D eigenvalue weighted by atomic mass is 16.5. The molecule has 162 valence electrons. The lowest BCUT2D eigenvalue weighted by Crippen LogP contribution is -2.30. The van der Waals surface area contributed by atoms with Crippen molar-refractivity contribution < 1.29 is 23.8 Å². The van der Waals surface area contributed by atoms with E-state index < -0.39 is 18.0 Å². The average molecular weight is 414 g/mol. The van der Waals surface area contributed by atoms with Gasteiger partial charge in [-0.1, -0.05) is 32.9 Å². The van der Waals surface area contributed by atoms with Crippen molar-refractivity contribution in [2.45, 2.75) is 59.2 Å². The molecule has 0 spiro atoms. The summed E-state index contributed by atoms with van der Waals surface area (Å²) in [6.45, 7) is 11.7. The highest BCUT2D eigenvalue weighted by molar-refractivity contribution is 5.97. The molecule has 0 saturated carbocycles. The minimum Gasteiger partial charge on any atom is -0.493 e. The summed E-state index contributed by atoms with van der Waals surface area (Å²) < 4.78 is 16.3. The second-order valence-electron chi connectivity index (χ2n) is 8.40. The number of hydrogen-bond donors (Lipinski definition) is 1. The Morgan fingerprint density at radius 1 is 0.933 bits per heavy atom. The van der Waals surface area contributed by atoms with E-state index in [2.05, 4.69) is 26.1 Å². The maximum Gasteiger partial charge on any atom is 0.339 e. The zero-order valence-corrected chi connectivity index (χ0v) is 18.7. The van der Waals surface area contributed by atoms with E-state index in [1.807, 2.05) is 38.1 Å². The van der Waals surface area contributed by atoms with Gasteiger partial charge in [0.25, 0.3) is 5.91 Å². The van der Waals surface area contributed by atoms with Crippen molar-refractivity contribution in [3.05, 3.63) is 53.6 Å². The number of hydrogen-bond acceptors (Lipinski definition) is 5. The third kappa shape index (κ3) is 6.24. The normalized spacial score (nSPS) is 12.3. The molecule has 2 rings (SSSR count). The predicted octanol–water partition coefficient (Wildman–Crippen LogP) is 4.96. The molecule has 1 N–H and O–H groups in total. The van der Waals surface area contributed by atoms with Crippen molar-refractivity contribution in [2.24, 2.45) is 0 Å². The molecule has 6 nitrogen and oxygen atoms in total. The van der Waals surface area contributed by atoms with Gasteiger partial charge in [0.15, 0.2) is 17.6 Å². The van der Waals surface area contributed by atoms with Gasteiger partial charge in [-0.05, 0) is 62.1 Å². The van der Waals surface area contributed by atoms with Crippen molar-refractivity contribution in [3.8, 4) is 11.5 Å². The molecule has 0 radical (unpaired) electrons. The molecule has 0 aliphatic heterocycles. The van der Waals surface area contributed by atoms with Crippen molar-refractivity contribution in [3.63, 3.8) is 0 Å². The second-order valence-corrected chi connectivity index (χ2v) is 8.40. The molecule has 0 saturated heterocycles. The Morgan fingerprint density at radius 2 is 1.57 bits per heavy atom. The first-order chi connectivity index (χ1) is 14.0. The zero-order valence-electron chi connectivity index (χ0n) is 18.7. The van der Waals surface area contributed by atoms with Gasteiger partial charge >= 0.3 is 5.97 Å². The summed E-state index contributed by atoms with van der Waals surface area (Å²) in [5, 5.41) is 2.77. The van der Waals surface area contributed by atoms with Crippen LogP contribution >= 0.6 is 0 Å². The summed E-state index contributed by atoms with van der Waals surface area (Å²) in [5.74, 6) is -0.0588. The van der Waals surface area contributed by atoms with Gasteiger partial charge in [-0.2, -0.15) is 0 Å². The third-order valence-electron chi connectivity index (χ3n) is 4.43. The van der Waals surface area contributed by atoms with Gasteiger partial charge in [0.2, 0.25) is 0 Å². The maximum atomic E-state index is 12.5. The summed E-state index contributed by atoms with van der Waals surface area (Å²) in [6, 6.07) is 12.4. The molecule has 0 aliphatic rings. The van der Waals surface area contributed by atoms with Gasteiger partial charge in [0.1, 0.15) is 0 Å². The molecule has 0 aromatic heterocycles. The fourth-order valence-corrected chi connectivity index (χ4v) is 2.73. The highest BCUT2D eigenvalue weighted by Crippen LogP contribution is 2.29. The minimum absolute atomic E-state index is 0.0297. The standard InChI is InChI=1S/C24H31NO5/c1-15(2)29-20-13-8-17(14-21(20)28-7)23(27)30-16(3)22(26)25-19-11-9-18(10-12-19)24(4,5)6/h8-16H,1-7H3,(H,25,26). The van der Waals surface area contributed by atoms with Crippen LogP contribution in [0.25, 0.3) is 0 Å². The second kappa shape index (κ2) is 9.65. The minimum atomic E-state index is -0.961. The Balaban J connectivity index is 2.01. The smallest absolute Gasteiger partial charge is 0.339 e. The summed E-state index contributed by atoms with van der Waals surface area (Å²) in [6.07, 6.45) is -0.990. The summed E-state index contributed by atoms with van der Waals surface area (Å²) >= 11 is 0. The van der Waals surface area contributed by atoms with Gasteiger partial charge in [-0.3, -0.25) is 4.79 Å². The number of esters is 1. The summed E-state index contributed by atoms with van der Waals surface area (Å²) in [4.78, 5) is 24.9. The van der Waals surface area contributed by atoms with E-state index in [0.29, 0.717) is 17.2 Å². The Bertz CT molecular complexity index is 881. The summed E-state index contributed by atoms with van der Waals surface area (Å²) in [7, 11) is 1.50. The zero-order chi connectivity index (χ0) is 22.5. The third-order valence-corrected chi connectivity index (χ3v) is 4.43. The number of amides is 1. The van der Waals surface area contributed by atoms with E-state index in [1.165, 1.54) is 25.7 Å². The number of ether oxygens (including phenoxy) is 3. The number of nitrogens with one attached hydrogen (secondary N) is 1. The van der Waals surface area contributed by atoms with Crippen molar-refractivity contribution in [1.82, 2.24) is 0 Å². The van der Waals surface area contributed by atoms with Crippen LogP contribution < -0.4 is 14.8 Å². The van der Waals surface area contributed by atoms with E-state index in [9.17, 15) is 9.59 Å². The predicted molar refractivity (Wildman–Crippen MR) is 117 cm³/mol. The van der Waals surface area contributed by atoms with Crippen LogP contribution in [-0.2, 0) is 14.9 Å². The Labute approximate surface area is 178 Å². The topological polar surface area (TPSA) is 73.9 Å². The molecular formula is C24H31NO5. The first kappa shape index (κ1) is 23.3. The van der Waals surface area contributed by atoms with Gasteiger partial charge in [-0.25, -0.2) is 4.79 Å². The molecule has 0 bridgehead atoms. The molecule has 1 atom stereocenters. The van der Waals surface area contributed by atoms with Crippen LogP contribution in [-0.4, -0.2) is 31.2 Å². The van der Waals surface area contributed by atoms with Crippen LogP contribution in [0.5, 0.6) is 11.5 Å². The van der Waals surface area contributed by atoms with Gasteiger partial charge < -0.3 is 19.5 Å². The molecule has 6 heteroatoms. The van der Waals surface area contributed by atoms with Gasteiger partial charge in [0, 0.05) is 5.69 Å². The highest BCUT2D eigenvalue weighted by Gasteiger charge is 2.21. The molecule has 2 aromatic carbocycles. The lowest BCUT2D eigenvalue weighted by molar-refractivity contribution is -0.123. The van der Waals surface area contributed by atoms with E-state index in [4.69, 9.17) is 14.2 Å². The Hall–Kier alpha value is -3.02. The fourth-order valence-electron chi connectivity index (χ4n) is 2.73. The first-order valence-electron chi connectivity index (χ1n) is 9.98. The van der Waals surface area contributed by atoms with Crippen molar-refractivity contribution in [1.29, 1.82) is 0 Å². The van der Waals surface area contributed by atoms with Gasteiger partial charge in [0.05, 0.1) is 18.8 Å². The molecule has 0 heterocycles. The number of carbonyl (C=O) groups excluding carboxylic acids is 2. The number of anilines is 1. The quantitative estimate of drug-likeness (QED) is 0.649. The first-order valence-corrected chi connectivity index (χ1v) is 9.98. The van der Waals surface area contributed by atoms with E-state index in [1.54, 1.807) is 12.1 Å². The molecule has 1 unspecified atom stereocenters. The Morgan fingerprint density at radius 3 is 2.10 bits per heavy atom. The van der Waals surface area contributed by atoms with Crippen LogP contribution in [0, 0.1) is 0 Å². The van der Waals surface area contributed by atoms with E-state index in [0.717, 1.165) is 0 Å². The van der Waals surface area contributed by atoms with E-state index >= 15 is 0 Å². The lowest BCUT2D eigenvalue weighted by Gasteiger charge is -2.19. The number of carbonyl (C=O) groups is 2. The van der Waals surface area contributed by atoms with Crippen LogP contribution in [0.4, 0.5) is 5.69 Å². The van der Waals surface area contributed by atoms with Crippen molar-refractivity contribution >= 4 is 17.6 Å². The Kier molecular flexibility index (Phi) is 7.48. The number of rotatable bonds is 7. The van der Waals surface area contributed by atoms with Crippen LogP contribution in [0.1, 0.15) is 57.5 Å². The fraction of sp³-hybridized carbons (Fsp3) is 0.417. The SMILES string of the molecule is COc1cc(C(=O)OC(C)C(=O)Nc2ccc(C(C)(C)C)cc2)ccc1OC(C)C. The molecule has 1 amide bonds. The summed E-state index contributed by atoms with van der Waals surface area (Å²) in [5.41, 5.74) is 2.12. The molecule has 0 fully saturated rings. The van der Waals surface area contributed by atoms with E-state index in [-0.39, 0.29) is 17.1 Å². The van der Waals surface area contributed by atoms with Gasteiger partial charge in [-0.15, -0.1) is 0 Å². The average Bonchev–Trinajstić information content (AvgIpc) is 2.67. The molecular weight excluding hydrogens is 382 g/mol. The maximum absolute atomic E-state index is 12.5. The molecule has 2 aromatic rings. The van der Waals surface area contributed by atoms with Crippen LogP contribution in [0.15, 0.2) is 42.5 Å². The monoisotopic (exact) mass is 413 g/mol. The number of methoxy groups -OCH3 is 1. The van der Waals surface area contributed by atoms with Crippen LogP contribution in [0.3, 0.4) is 0 Å². The van der Waals surface area contributed by atoms with Crippen molar-refractivity contribution in [2.75, 3.05) is 12.4 Å². The largest absolute Gasteiger partial charge is 0.493 e.